The summed E-state index contributed by atoms with van der Waals surface area (Å²) in [5.74, 6) is -1.27. The van der Waals surface area contributed by atoms with Gasteiger partial charge in [0.15, 0.2) is 0 Å². The third-order valence-electron chi connectivity index (χ3n) is 1.35. The second-order valence-corrected chi connectivity index (χ2v) is 3.60. The molecule has 0 spiro atoms. The number of nitrogens with two attached hydrogens (primary N) is 1. The zero-order valence-electron chi connectivity index (χ0n) is 6.21. The maximum atomic E-state index is 10.3. The third-order valence-corrected chi connectivity index (χ3v) is 2.32. The van der Waals surface area contributed by atoms with E-state index in [0.29, 0.717) is 0 Å². The Labute approximate surface area is 70.9 Å². The van der Waals surface area contributed by atoms with E-state index < -0.39 is 34.6 Å². The van der Waals surface area contributed by atoms with E-state index in [9.17, 15) is 13.2 Å². The maximum Gasteiger partial charge on any atom is 0.320 e. The molecule has 0 aromatic carbocycles. The van der Waals surface area contributed by atoms with Gasteiger partial charge in [-0.25, -0.2) is 8.42 Å². The average molecular weight is 197 g/mol. The zero-order valence-corrected chi connectivity index (χ0v) is 7.11. The van der Waals surface area contributed by atoms with Crippen molar-refractivity contribution in [1.82, 2.24) is 0 Å². The van der Waals surface area contributed by atoms with Crippen LogP contribution in [-0.4, -0.2) is 42.5 Å². The highest BCUT2D eigenvalue weighted by molar-refractivity contribution is 7.73. The summed E-state index contributed by atoms with van der Waals surface area (Å²) in [5, 5.41) is 15.7. The van der Waals surface area contributed by atoms with E-state index in [0.717, 1.165) is 0 Å². The summed E-state index contributed by atoms with van der Waals surface area (Å²) in [6.45, 7) is -0.598. The van der Waals surface area contributed by atoms with Crippen LogP contribution in [0, 0.1) is 0 Å². The van der Waals surface area contributed by atoms with E-state index in [1.807, 2.05) is 0 Å². The first-order chi connectivity index (χ1) is 5.49. The molecule has 0 rings (SSSR count). The first kappa shape index (κ1) is 11.3. The summed E-state index contributed by atoms with van der Waals surface area (Å²) in [6.07, 6.45) is -0.259. The molecule has 0 heterocycles. The van der Waals surface area contributed by atoms with Crippen LogP contribution in [0.4, 0.5) is 0 Å². The lowest BCUT2D eigenvalue weighted by Gasteiger charge is -2.09. The molecule has 2 atom stereocenters. The number of aliphatic hydroxyl groups excluding tert-OH is 1. The van der Waals surface area contributed by atoms with Crippen molar-refractivity contribution in [2.75, 3.05) is 6.61 Å². The zero-order chi connectivity index (χ0) is 9.72. The Kier molecular flexibility index (Phi) is 4.79. The molecule has 0 aliphatic carbocycles. The SMILES string of the molecule is N[C@H](CC(CO)[SH](=O)=O)C(=O)O. The van der Waals surface area contributed by atoms with Crippen molar-refractivity contribution in [2.45, 2.75) is 17.7 Å². The van der Waals surface area contributed by atoms with Crippen molar-refractivity contribution in [3.8, 4) is 0 Å². The Morgan fingerprint density at radius 2 is 2.00 bits per heavy atom. The fourth-order valence-corrected chi connectivity index (χ4v) is 1.15. The fourth-order valence-electron chi connectivity index (χ4n) is 0.621. The fraction of sp³-hybridized carbons (Fsp3) is 0.800. The van der Waals surface area contributed by atoms with E-state index in [2.05, 4.69) is 0 Å². The van der Waals surface area contributed by atoms with Crippen LogP contribution >= 0.6 is 0 Å². The Morgan fingerprint density at radius 1 is 1.50 bits per heavy atom. The molecule has 4 N–H and O–H groups in total. The van der Waals surface area contributed by atoms with E-state index in [1.165, 1.54) is 0 Å². The molecule has 0 aromatic rings. The van der Waals surface area contributed by atoms with Crippen LogP contribution in [0.15, 0.2) is 0 Å². The van der Waals surface area contributed by atoms with Gasteiger partial charge in [0.25, 0.3) is 0 Å². The lowest BCUT2D eigenvalue weighted by molar-refractivity contribution is -0.138. The number of hydrogen-bond acceptors (Lipinski definition) is 5. The normalized spacial score (nSPS) is 15.9. The number of carbonyl (C=O) groups is 1. The van der Waals surface area contributed by atoms with Crippen molar-refractivity contribution < 1.29 is 23.4 Å². The molecular formula is C5H11NO5S. The molecule has 0 fully saturated rings. The first-order valence-corrected chi connectivity index (χ1v) is 4.46. The second-order valence-electron chi connectivity index (χ2n) is 2.30. The van der Waals surface area contributed by atoms with Gasteiger partial charge in [-0.1, -0.05) is 0 Å². The molecule has 0 saturated heterocycles. The van der Waals surface area contributed by atoms with Crippen molar-refractivity contribution >= 4 is 16.7 Å². The number of aliphatic hydroxyl groups is 1. The standard InChI is InChI=1S/C5H11NO5S/c6-4(5(8)9)1-3(2-7)12(10)11/h3-4,7,12H,1-2,6H2,(H,8,9)/t3?,4-/m1/s1. The van der Waals surface area contributed by atoms with Gasteiger partial charge in [-0.3, -0.25) is 4.79 Å². The van der Waals surface area contributed by atoms with E-state index in [-0.39, 0.29) is 6.42 Å². The molecule has 0 saturated carbocycles. The number of thiol groups is 1. The Bertz CT molecular complexity index is 218. The predicted molar refractivity (Wildman–Crippen MR) is 41.4 cm³/mol. The minimum atomic E-state index is -2.81. The molecule has 0 bridgehead atoms. The molecule has 0 aromatic heterocycles. The highest BCUT2D eigenvalue weighted by Crippen LogP contribution is 1.99. The summed E-state index contributed by atoms with van der Waals surface area (Å²) < 4.78 is 20.6. The van der Waals surface area contributed by atoms with Gasteiger partial charge in [0.05, 0.1) is 11.9 Å². The summed E-state index contributed by atoms with van der Waals surface area (Å²) in [7, 11) is -2.81. The van der Waals surface area contributed by atoms with Gasteiger partial charge in [0.2, 0.25) is 0 Å². The van der Waals surface area contributed by atoms with Gasteiger partial charge in [-0.05, 0) is 6.42 Å². The van der Waals surface area contributed by atoms with Crippen LogP contribution in [-0.2, 0) is 15.5 Å². The van der Waals surface area contributed by atoms with Gasteiger partial charge in [-0.2, -0.15) is 0 Å². The summed E-state index contributed by atoms with van der Waals surface area (Å²) in [6, 6.07) is -1.24. The Morgan fingerprint density at radius 3 is 2.25 bits per heavy atom. The molecule has 0 aliphatic heterocycles. The van der Waals surface area contributed by atoms with Crippen molar-refractivity contribution in [1.29, 1.82) is 0 Å². The van der Waals surface area contributed by atoms with Crippen molar-refractivity contribution in [3.05, 3.63) is 0 Å². The van der Waals surface area contributed by atoms with Crippen LogP contribution in [0.25, 0.3) is 0 Å². The number of carboxylic acid groups (broad SMARTS) is 1. The molecule has 1 unspecified atom stereocenters. The van der Waals surface area contributed by atoms with Crippen LogP contribution in [0.1, 0.15) is 6.42 Å². The quantitative estimate of drug-likeness (QED) is 0.370. The highest BCUT2D eigenvalue weighted by Gasteiger charge is 2.19. The van der Waals surface area contributed by atoms with Crippen LogP contribution < -0.4 is 5.73 Å². The molecule has 12 heavy (non-hydrogen) atoms. The molecule has 0 radical (unpaired) electrons. The minimum absolute atomic E-state index is 0.259. The van der Waals surface area contributed by atoms with Gasteiger partial charge < -0.3 is 15.9 Å². The number of hydrogen-bond donors (Lipinski definition) is 4. The monoisotopic (exact) mass is 197 g/mol. The molecule has 6 nitrogen and oxygen atoms in total. The predicted octanol–water partition coefficient (Wildman–Crippen LogP) is -2.24. The summed E-state index contributed by atoms with van der Waals surface area (Å²) in [4.78, 5) is 10.2. The van der Waals surface area contributed by atoms with Crippen molar-refractivity contribution in [2.24, 2.45) is 5.73 Å². The maximum absolute atomic E-state index is 10.3. The summed E-state index contributed by atoms with van der Waals surface area (Å²) >= 11 is 0. The average Bonchev–Trinajstić information content (AvgIpc) is 1.98. The Balaban J connectivity index is 4.12. The van der Waals surface area contributed by atoms with Gasteiger partial charge in [0.1, 0.15) is 16.7 Å². The highest BCUT2D eigenvalue weighted by atomic mass is 32.2. The lowest BCUT2D eigenvalue weighted by atomic mass is 10.2. The molecule has 0 aliphatic rings. The molecule has 0 amide bonds. The Hall–Kier alpha value is -0.660. The van der Waals surface area contributed by atoms with Crippen LogP contribution in [0.2, 0.25) is 0 Å². The first-order valence-electron chi connectivity index (χ1n) is 3.21. The van der Waals surface area contributed by atoms with Gasteiger partial charge in [-0.15, -0.1) is 0 Å². The number of rotatable bonds is 5. The van der Waals surface area contributed by atoms with E-state index in [1.54, 1.807) is 0 Å². The minimum Gasteiger partial charge on any atom is -0.480 e. The van der Waals surface area contributed by atoms with Crippen LogP contribution in [0.5, 0.6) is 0 Å². The molecule has 7 heteroatoms. The van der Waals surface area contributed by atoms with Gasteiger partial charge in [0, 0.05) is 0 Å². The van der Waals surface area contributed by atoms with E-state index >= 15 is 0 Å². The second kappa shape index (κ2) is 5.07. The van der Waals surface area contributed by atoms with Crippen LogP contribution in [0.3, 0.4) is 0 Å². The smallest absolute Gasteiger partial charge is 0.320 e. The number of carboxylic acids is 1. The van der Waals surface area contributed by atoms with Crippen molar-refractivity contribution in [3.63, 3.8) is 0 Å². The topological polar surface area (TPSA) is 118 Å². The molecular weight excluding hydrogens is 186 g/mol. The number of aliphatic carboxylic acids is 1. The van der Waals surface area contributed by atoms with E-state index in [4.69, 9.17) is 15.9 Å². The van der Waals surface area contributed by atoms with Gasteiger partial charge >= 0.3 is 5.97 Å². The summed E-state index contributed by atoms with van der Waals surface area (Å²) in [5.41, 5.74) is 5.05. The lowest BCUT2D eigenvalue weighted by Crippen LogP contribution is -2.35. The third kappa shape index (κ3) is 3.65. The molecule has 72 valence electrons. The largest absolute Gasteiger partial charge is 0.480 e.